The Labute approximate surface area is 112 Å². The molecule has 1 aliphatic rings. The molecule has 2 rings (SSSR count). The van der Waals surface area contributed by atoms with Gasteiger partial charge in [0.2, 0.25) is 0 Å². The molecule has 0 bridgehead atoms. The van der Waals surface area contributed by atoms with Crippen LogP contribution in [0.4, 0.5) is 0 Å². The zero-order valence-electron chi connectivity index (χ0n) is 10.5. The summed E-state index contributed by atoms with van der Waals surface area (Å²) in [5.41, 5.74) is 7.08. The van der Waals surface area contributed by atoms with Gasteiger partial charge in [-0.2, -0.15) is 0 Å². The largest absolute Gasteiger partial charge is 0.493 e. The number of halogens is 1. The Balaban J connectivity index is 2.04. The van der Waals surface area contributed by atoms with Crippen molar-refractivity contribution in [3.63, 3.8) is 0 Å². The van der Waals surface area contributed by atoms with Crippen LogP contribution in [0.15, 0.2) is 22.7 Å². The summed E-state index contributed by atoms with van der Waals surface area (Å²) in [6, 6.07) is 6.23. The van der Waals surface area contributed by atoms with Gasteiger partial charge < -0.3 is 10.5 Å². The predicted octanol–water partition coefficient (Wildman–Crippen LogP) is 3.52. The van der Waals surface area contributed by atoms with Gasteiger partial charge in [0.15, 0.2) is 0 Å². The highest BCUT2D eigenvalue weighted by molar-refractivity contribution is 9.10. The fourth-order valence-corrected chi connectivity index (χ4v) is 2.35. The molecule has 1 aliphatic carbocycles. The molecule has 0 heterocycles. The second kappa shape index (κ2) is 4.99. The van der Waals surface area contributed by atoms with Gasteiger partial charge in [0.1, 0.15) is 5.75 Å². The summed E-state index contributed by atoms with van der Waals surface area (Å²) in [6.45, 7) is 4.93. The fourth-order valence-electron chi connectivity index (χ4n) is 1.83. The van der Waals surface area contributed by atoms with Gasteiger partial charge in [-0.25, -0.2) is 0 Å². The summed E-state index contributed by atoms with van der Waals surface area (Å²) < 4.78 is 6.86. The number of rotatable bonds is 5. The first-order chi connectivity index (χ1) is 7.92. The van der Waals surface area contributed by atoms with E-state index in [2.05, 4.69) is 28.1 Å². The second-order valence-corrected chi connectivity index (χ2v) is 6.63. The first-order valence-electron chi connectivity index (χ1n) is 6.13. The molecule has 0 aliphatic heterocycles. The van der Waals surface area contributed by atoms with Crippen LogP contribution in [-0.4, -0.2) is 12.1 Å². The molecule has 1 fully saturated rings. The van der Waals surface area contributed by atoms with Crippen molar-refractivity contribution in [2.24, 2.45) is 11.7 Å². The average molecular weight is 298 g/mol. The summed E-state index contributed by atoms with van der Waals surface area (Å²) in [6.07, 6.45) is 3.49. The van der Waals surface area contributed by atoms with Gasteiger partial charge >= 0.3 is 0 Å². The Kier molecular flexibility index (Phi) is 3.79. The van der Waals surface area contributed by atoms with E-state index >= 15 is 0 Å². The molecule has 1 aromatic rings. The van der Waals surface area contributed by atoms with Crippen LogP contribution in [0, 0.1) is 5.92 Å². The van der Waals surface area contributed by atoms with Gasteiger partial charge in [-0.3, -0.25) is 0 Å². The van der Waals surface area contributed by atoms with E-state index in [-0.39, 0.29) is 5.54 Å². The molecule has 2 N–H and O–H groups in total. The third-order valence-corrected chi connectivity index (χ3v) is 3.23. The topological polar surface area (TPSA) is 35.2 Å². The van der Waals surface area contributed by atoms with E-state index in [1.165, 1.54) is 18.4 Å². The van der Waals surface area contributed by atoms with Crippen LogP contribution in [0.25, 0.3) is 0 Å². The van der Waals surface area contributed by atoms with Crippen LogP contribution in [0.1, 0.15) is 32.3 Å². The van der Waals surface area contributed by atoms with Crippen LogP contribution in [0.5, 0.6) is 5.75 Å². The lowest BCUT2D eigenvalue weighted by molar-refractivity contribution is 0.299. The quantitative estimate of drug-likeness (QED) is 0.902. The molecular formula is C14H20BrNO. The summed E-state index contributed by atoms with van der Waals surface area (Å²) in [5, 5.41) is 0. The number of hydrogen-bond donors (Lipinski definition) is 1. The number of benzene rings is 1. The monoisotopic (exact) mass is 297 g/mol. The lowest BCUT2D eigenvalue weighted by Gasteiger charge is -2.19. The summed E-state index contributed by atoms with van der Waals surface area (Å²) in [4.78, 5) is 0. The fraction of sp³-hybridized carbons (Fsp3) is 0.571. The third kappa shape index (κ3) is 4.68. The van der Waals surface area contributed by atoms with Crippen LogP contribution in [-0.2, 0) is 6.42 Å². The van der Waals surface area contributed by atoms with E-state index in [1.54, 1.807) is 0 Å². The SMILES string of the molecule is CC(C)(N)Cc1cc(Br)cc(OCC2CC2)c1. The first-order valence-corrected chi connectivity index (χ1v) is 6.93. The van der Waals surface area contributed by atoms with Crippen molar-refractivity contribution >= 4 is 15.9 Å². The predicted molar refractivity (Wildman–Crippen MR) is 74.3 cm³/mol. The summed E-state index contributed by atoms with van der Waals surface area (Å²) in [7, 11) is 0. The zero-order valence-corrected chi connectivity index (χ0v) is 12.1. The van der Waals surface area contributed by atoms with Crippen LogP contribution in [0.2, 0.25) is 0 Å². The Hall–Kier alpha value is -0.540. The van der Waals surface area contributed by atoms with E-state index in [1.807, 2.05) is 19.9 Å². The van der Waals surface area contributed by atoms with E-state index < -0.39 is 0 Å². The van der Waals surface area contributed by atoms with Crippen LogP contribution in [0.3, 0.4) is 0 Å². The molecule has 1 saturated carbocycles. The normalized spacial score (nSPS) is 16.0. The van der Waals surface area contributed by atoms with Crippen molar-refractivity contribution in [2.45, 2.75) is 38.6 Å². The summed E-state index contributed by atoms with van der Waals surface area (Å²) >= 11 is 3.52. The molecule has 2 nitrogen and oxygen atoms in total. The molecule has 0 saturated heterocycles. The molecule has 0 amide bonds. The second-order valence-electron chi connectivity index (χ2n) is 5.71. The maximum atomic E-state index is 6.04. The first kappa shape index (κ1) is 12.9. The van der Waals surface area contributed by atoms with Crippen molar-refractivity contribution in [1.29, 1.82) is 0 Å². The van der Waals surface area contributed by atoms with E-state index in [0.29, 0.717) is 0 Å². The third-order valence-electron chi connectivity index (χ3n) is 2.77. The van der Waals surface area contributed by atoms with E-state index in [9.17, 15) is 0 Å². The smallest absolute Gasteiger partial charge is 0.120 e. The minimum atomic E-state index is -0.186. The minimum absolute atomic E-state index is 0.186. The average Bonchev–Trinajstić information content (AvgIpc) is 2.94. The molecule has 0 aromatic heterocycles. The number of nitrogens with two attached hydrogens (primary N) is 1. The molecule has 0 spiro atoms. The highest BCUT2D eigenvalue weighted by atomic mass is 79.9. The Bertz CT molecular complexity index is 394. The van der Waals surface area contributed by atoms with E-state index in [4.69, 9.17) is 10.5 Å². The molecule has 17 heavy (non-hydrogen) atoms. The molecule has 1 aromatic carbocycles. The summed E-state index contributed by atoms with van der Waals surface area (Å²) in [5.74, 6) is 1.73. The Morgan fingerprint density at radius 1 is 1.35 bits per heavy atom. The maximum Gasteiger partial charge on any atom is 0.120 e. The van der Waals surface area contributed by atoms with Gasteiger partial charge in [0.25, 0.3) is 0 Å². The van der Waals surface area contributed by atoms with E-state index in [0.717, 1.165) is 29.2 Å². The van der Waals surface area contributed by atoms with Crippen molar-refractivity contribution in [2.75, 3.05) is 6.61 Å². The number of hydrogen-bond acceptors (Lipinski definition) is 2. The standard InChI is InChI=1S/C14H20BrNO/c1-14(2,16)8-11-5-12(15)7-13(6-11)17-9-10-3-4-10/h5-7,10H,3-4,8-9,16H2,1-2H3. The van der Waals surface area contributed by atoms with Gasteiger partial charge in [-0.1, -0.05) is 15.9 Å². The molecule has 94 valence electrons. The van der Waals surface area contributed by atoms with Gasteiger partial charge in [0.05, 0.1) is 6.61 Å². The van der Waals surface area contributed by atoms with Crippen molar-refractivity contribution in [3.05, 3.63) is 28.2 Å². The molecular weight excluding hydrogens is 278 g/mol. The molecule has 0 radical (unpaired) electrons. The highest BCUT2D eigenvalue weighted by Gasteiger charge is 2.22. The van der Waals surface area contributed by atoms with Crippen LogP contribution < -0.4 is 10.5 Å². The van der Waals surface area contributed by atoms with Gasteiger partial charge in [-0.05, 0) is 62.8 Å². The zero-order chi connectivity index (χ0) is 12.5. The Morgan fingerprint density at radius 3 is 2.65 bits per heavy atom. The maximum absolute atomic E-state index is 6.04. The van der Waals surface area contributed by atoms with Crippen molar-refractivity contribution in [3.8, 4) is 5.75 Å². The van der Waals surface area contributed by atoms with Crippen LogP contribution >= 0.6 is 15.9 Å². The highest BCUT2D eigenvalue weighted by Crippen LogP contribution is 2.30. The van der Waals surface area contributed by atoms with Gasteiger partial charge in [-0.15, -0.1) is 0 Å². The molecule has 3 heteroatoms. The van der Waals surface area contributed by atoms with Gasteiger partial charge in [0, 0.05) is 10.0 Å². The van der Waals surface area contributed by atoms with Crippen molar-refractivity contribution in [1.82, 2.24) is 0 Å². The molecule has 0 unspecified atom stereocenters. The number of ether oxygens (including phenoxy) is 1. The lowest BCUT2D eigenvalue weighted by atomic mass is 9.96. The minimum Gasteiger partial charge on any atom is -0.493 e. The van der Waals surface area contributed by atoms with Crippen molar-refractivity contribution < 1.29 is 4.74 Å². The Morgan fingerprint density at radius 2 is 2.06 bits per heavy atom. The lowest BCUT2D eigenvalue weighted by Crippen LogP contribution is -2.34. The molecule has 0 atom stereocenters.